The topological polar surface area (TPSA) is 59.3 Å². The molecular formula is C22H17F3N4O. The number of carbonyl (C=O) groups is 1. The number of halogens is 3. The number of nitrogens with one attached hydrogen (secondary N) is 1. The van der Waals surface area contributed by atoms with Gasteiger partial charge in [-0.05, 0) is 61.4 Å². The first-order valence-electron chi connectivity index (χ1n) is 9.15. The van der Waals surface area contributed by atoms with Gasteiger partial charge < -0.3 is 5.32 Å². The van der Waals surface area contributed by atoms with Gasteiger partial charge in [0.15, 0.2) is 5.65 Å². The summed E-state index contributed by atoms with van der Waals surface area (Å²) in [6, 6.07) is 12.1. The number of anilines is 1. The summed E-state index contributed by atoms with van der Waals surface area (Å²) in [5.41, 5.74) is 2.72. The van der Waals surface area contributed by atoms with Crippen LogP contribution in [-0.4, -0.2) is 20.5 Å². The van der Waals surface area contributed by atoms with Gasteiger partial charge in [-0.1, -0.05) is 12.1 Å². The van der Waals surface area contributed by atoms with Gasteiger partial charge in [0.05, 0.1) is 11.9 Å². The van der Waals surface area contributed by atoms with Crippen LogP contribution in [0.15, 0.2) is 54.7 Å². The summed E-state index contributed by atoms with van der Waals surface area (Å²) in [6.45, 7) is 3.75. The maximum absolute atomic E-state index is 13.7. The second-order valence-corrected chi connectivity index (χ2v) is 6.94. The van der Waals surface area contributed by atoms with Crippen LogP contribution >= 0.6 is 0 Å². The number of nitrogens with zero attached hydrogens (tertiary/aromatic N) is 3. The molecule has 0 bridgehead atoms. The standard InChI is InChI=1S/C22H17F3N4O/c1-12-3-4-13(2)17(9-12)28-22(30)16-11-26-29-19(20(24)25)10-18(27-21(16)29)14-5-7-15(23)8-6-14/h3-11,20H,1-2H3,(H,28,30). The minimum atomic E-state index is -2.84. The Labute approximate surface area is 170 Å². The molecule has 4 aromatic rings. The normalized spacial score (nSPS) is 11.3. The highest BCUT2D eigenvalue weighted by Crippen LogP contribution is 2.27. The van der Waals surface area contributed by atoms with Gasteiger partial charge >= 0.3 is 0 Å². The molecule has 152 valence electrons. The molecule has 0 unspecified atom stereocenters. The van der Waals surface area contributed by atoms with Crippen LogP contribution in [0.1, 0.15) is 33.6 Å². The van der Waals surface area contributed by atoms with Crippen molar-refractivity contribution in [3.63, 3.8) is 0 Å². The fraction of sp³-hybridized carbons (Fsp3) is 0.136. The zero-order valence-electron chi connectivity index (χ0n) is 16.2. The molecule has 0 aliphatic rings. The van der Waals surface area contributed by atoms with E-state index in [0.717, 1.165) is 15.6 Å². The van der Waals surface area contributed by atoms with Crippen molar-refractivity contribution in [2.24, 2.45) is 0 Å². The van der Waals surface area contributed by atoms with Gasteiger partial charge in [-0.2, -0.15) is 5.10 Å². The monoisotopic (exact) mass is 410 g/mol. The van der Waals surface area contributed by atoms with E-state index in [4.69, 9.17) is 0 Å². The van der Waals surface area contributed by atoms with Crippen LogP contribution in [-0.2, 0) is 0 Å². The Kier molecular flexibility index (Phi) is 4.99. The fourth-order valence-electron chi connectivity index (χ4n) is 3.13. The Morgan fingerprint density at radius 3 is 2.50 bits per heavy atom. The summed E-state index contributed by atoms with van der Waals surface area (Å²) in [4.78, 5) is 17.2. The number of alkyl halides is 2. The Balaban J connectivity index is 1.81. The molecule has 2 aromatic carbocycles. The van der Waals surface area contributed by atoms with Crippen LogP contribution in [0.2, 0.25) is 0 Å². The van der Waals surface area contributed by atoms with E-state index in [1.807, 2.05) is 32.0 Å². The van der Waals surface area contributed by atoms with Crippen LogP contribution in [0.3, 0.4) is 0 Å². The van der Waals surface area contributed by atoms with Crippen LogP contribution in [0.4, 0.5) is 18.9 Å². The summed E-state index contributed by atoms with van der Waals surface area (Å²) in [7, 11) is 0. The van der Waals surface area contributed by atoms with E-state index in [0.29, 0.717) is 11.3 Å². The minimum absolute atomic E-state index is 0.00469. The van der Waals surface area contributed by atoms with Gasteiger partial charge in [0, 0.05) is 11.3 Å². The number of hydrogen-bond donors (Lipinski definition) is 1. The van der Waals surface area contributed by atoms with Crippen LogP contribution in [0.25, 0.3) is 16.9 Å². The lowest BCUT2D eigenvalue weighted by Gasteiger charge is -2.10. The van der Waals surface area contributed by atoms with Gasteiger partial charge in [0.25, 0.3) is 12.3 Å². The minimum Gasteiger partial charge on any atom is -0.322 e. The van der Waals surface area contributed by atoms with Crippen molar-refractivity contribution >= 4 is 17.2 Å². The highest BCUT2D eigenvalue weighted by atomic mass is 19.3. The molecule has 30 heavy (non-hydrogen) atoms. The fourth-order valence-corrected chi connectivity index (χ4v) is 3.13. The smallest absolute Gasteiger partial charge is 0.280 e. The molecule has 0 atom stereocenters. The van der Waals surface area contributed by atoms with Crippen molar-refractivity contribution in [2.75, 3.05) is 5.32 Å². The maximum Gasteiger partial charge on any atom is 0.280 e. The number of aromatic nitrogens is 3. The number of fused-ring (bicyclic) bond motifs is 1. The molecule has 4 rings (SSSR count). The van der Waals surface area contributed by atoms with Crippen molar-refractivity contribution in [1.82, 2.24) is 14.6 Å². The molecule has 5 nitrogen and oxygen atoms in total. The van der Waals surface area contributed by atoms with E-state index < -0.39 is 23.8 Å². The third-order valence-electron chi connectivity index (χ3n) is 4.75. The molecule has 8 heteroatoms. The molecule has 0 saturated carbocycles. The average Bonchev–Trinajstić information content (AvgIpc) is 3.14. The number of aryl methyl sites for hydroxylation is 2. The molecule has 1 amide bonds. The van der Waals surface area contributed by atoms with E-state index in [1.54, 1.807) is 0 Å². The number of carbonyl (C=O) groups excluding carboxylic acids is 1. The molecular weight excluding hydrogens is 393 g/mol. The van der Waals surface area contributed by atoms with Crippen LogP contribution in [0, 0.1) is 19.7 Å². The zero-order valence-corrected chi connectivity index (χ0v) is 16.2. The number of amides is 1. The van der Waals surface area contributed by atoms with Crippen molar-refractivity contribution in [1.29, 1.82) is 0 Å². The van der Waals surface area contributed by atoms with Gasteiger partial charge in [-0.3, -0.25) is 4.79 Å². The molecule has 1 N–H and O–H groups in total. The number of hydrogen-bond acceptors (Lipinski definition) is 3. The van der Waals surface area contributed by atoms with Crippen LogP contribution < -0.4 is 5.32 Å². The lowest BCUT2D eigenvalue weighted by Crippen LogP contribution is -2.13. The summed E-state index contributed by atoms with van der Waals surface area (Å²) in [5, 5.41) is 6.74. The van der Waals surface area contributed by atoms with Crippen LogP contribution in [0.5, 0.6) is 0 Å². The molecule has 0 saturated heterocycles. The SMILES string of the molecule is Cc1ccc(C)c(NC(=O)c2cnn3c(C(F)F)cc(-c4ccc(F)cc4)nc23)c1. The summed E-state index contributed by atoms with van der Waals surface area (Å²) in [5.74, 6) is -0.963. The van der Waals surface area contributed by atoms with Crippen molar-refractivity contribution in [3.8, 4) is 11.3 Å². The summed E-state index contributed by atoms with van der Waals surface area (Å²) in [6.07, 6.45) is -1.63. The van der Waals surface area contributed by atoms with E-state index in [1.165, 1.54) is 36.5 Å². The summed E-state index contributed by atoms with van der Waals surface area (Å²) < 4.78 is 41.5. The van der Waals surface area contributed by atoms with Gasteiger partial charge in [0.1, 0.15) is 17.1 Å². The Morgan fingerprint density at radius 2 is 1.80 bits per heavy atom. The van der Waals surface area contributed by atoms with E-state index in [2.05, 4.69) is 15.4 Å². The maximum atomic E-state index is 13.7. The molecule has 0 aliphatic heterocycles. The van der Waals surface area contributed by atoms with E-state index in [-0.39, 0.29) is 16.9 Å². The largest absolute Gasteiger partial charge is 0.322 e. The van der Waals surface area contributed by atoms with Crippen molar-refractivity contribution in [2.45, 2.75) is 20.3 Å². The lowest BCUT2D eigenvalue weighted by atomic mass is 10.1. The van der Waals surface area contributed by atoms with E-state index >= 15 is 0 Å². The zero-order chi connectivity index (χ0) is 21.4. The number of benzene rings is 2. The number of rotatable bonds is 4. The lowest BCUT2D eigenvalue weighted by molar-refractivity contribution is 0.102. The first-order chi connectivity index (χ1) is 14.3. The second-order valence-electron chi connectivity index (χ2n) is 6.94. The van der Waals surface area contributed by atoms with Gasteiger partial charge in [0.2, 0.25) is 0 Å². The van der Waals surface area contributed by atoms with E-state index in [9.17, 15) is 18.0 Å². The van der Waals surface area contributed by atoms with Gasteiger partial charge in [-0.15, -0.1) is 0 Å². The third-order valence-corrected chi connectivity index (χ3v) is 4.75. The highest BCUT2D eigenvalue weighted by Gasteiger charge is 2.22. The quantitative estimate of drug-likeness (QED) is 0.494. The Morgan fingerprint density at radius 1 is 1.07 bits per heavy atom. The molecule has 2 aromatic heterocycles. The Bertz CT molecular complexity index is 1250. The molecule has 2 heterocycles. The Hall–Kier alpha value is -3.68. The first-order valence-corrected chi connectivity index (χ1v) is 9.15. The van der Waals surface area contributed by atoms with Gasteiger partial charge in [-0.25, -0.2) is 22.7 Å². The second kappa shape index (κ2) is 7.62. The first kappa shape index (κ1) is 19.6. The average molecular weight is 410 g/mol. The predicted octanol–water partition coefficient (Wildman–Crippen LogP) is 5.34. The molecule has 0 aliphatic carbocycles. The molecule has 0 radical (unpaired) electrons. The summed E-state index contributed by atoms with van der Waals surface area (Å²) >= 11 is 0. The van der Waals surface area contributed by atoms with Crippen molar-refractivity contribution in [3.05, 3.63) is 82.9 Å². The predicted molar refractivity (Wildman–Crippen MR) is 107 cm³/mol. The molecule has 0 spiro atoms. The third kappa shape index (κ3) is 3.63. The van der Waals surface area contributed by atoms with Crippen molar-refractivity contribution < 1.29 is 18.0 Å². The highest BCUT2D eigenvalue weighted by molar-refractivity contribution is 6.08. The molecule has 0 fully saturated rings.